The average molecular weight is 232 g/mol. The summed E-state index contributed by atoms with van der Waals surface area (Å²) in [6, 6.07) is 4.60. The van der Waals surface area contributed by atoms with Crippen molar-refractivity contribution in [1.82, 2.24) is 5.32 Å². The molecule has 1 aromatic rings. The van der Waals surface area contributed by atoms with Crippen LogP contribution in [0.15, 0.2) is 12.1 Å². The molecule has 1 aliphatic rings. The second-order valence-corrected chi connectivity index (χ2v) is 5.19. The summed E-state index contributed by atoms with van der Waals surface area (Å²) in [5.41, 5.74) is 5.67. The van der Waals surface area contributed by atoms with Gasteiger partial charge in [-0.3, -0.25) is 0 Å². The molecule has 0 amide bonds. The van der Waals surface area contributed by atoms with Gasteiger partial charge in [0, 0.05) is 25.3 Å². The Morgan fingerprint density at radius 3 is 2.35 bits per heavy atom. The van der Waals surface area contributed by atoms with Crippen LogP contribution in [0.2, 0.25) is 0 Å². The summed E-state index contributed by atoms with van der Waals surface area (Å²) in [4.78, 5) is 2.55. The topological polar surface area (TPSA) is 15.3 Å². The molecule has 2 rings (SSSR count). The third kappa shape index (κ3) is 3.01. The second-order valence-electron chi connectivity index (χ2n) is 5.19. The van der Waals surface area contributed by atoms with Gasteiger partial charge in [-0.2, -0.15) is 0 Å². The molecule has 0 unspecified atom stereocenters. The van der Waals surface area contributed by atoms with Crippen molar-refractivity contribution < 1.29 is 0 Å². The zero-order valence-corrected chi connectivity index (χ0v) is 11.3. The zero-order valence-electron chi connectivity index (χ0n) is 11.3. The number of hydrogen-bond donors (Lipinski definition) is 1. The molecule has 1 aromatic carbocycles. The van der Waals surface area contributed by atoms with Gasteiger partial charge in [-0.05, 0) is 51.3 Å². The predicted octanol–water partition coefficient (Wildman–Crippen LogP) is 2.80. The van der Waals surface area contributed by atoms with Gasteiger partial charge in [0.2, 0.25) is 0 Å². The Hall–Kier alpha value is -1.02. The van der Waals surface area contributed by atoms with Crippen LogP contribution in [0.3, 0.4) is 0 Å². The van der Waals surface area contributed by atoms with Crippen LogP contribution >= 0.6 is 0 Å². The third-order valence-corrected chi connectivity index (χ3v) is 3.54. The standard InChI is InChI=1S/C15H24N2/c1-12-10-13(2)15(14(3)11-12)17-8-5-4-6-16-7-9-17/h10-11,16H,4-9H2,1-3H3. The number of hydrogen-bond acceptors (Lipinski definition) is 2. The van der Waals surface area contributed by atoms with E-state index >= 15 is 0 Å². The Morgan fingerprint density at radius 2 is 1.65 bits per heavy atom. The van der Waals surface area contributed by atoms with Crippen molar-refractivity contribution in [3.8, 4) is 0 Å². The van der Waals surface area contributed by atoms with Crippen LogP contribution in [0, 0.1) is 20.8 Å². The Kier molecular flexibility index (Phi) is 4.06. The summed E-state index contributed by atoms with van der Waals surface area (Å²) in [6.07, 6.45) is 2.58. The molecular weight excluding hydrogens is 208 g/mol. The van der Waals surface area contributed by atoms with Crippen LogP contribution in [0.1, 0.15) is 29.5 Å². The molecule has 2 nitrogen and oxygen atoms in total. The lowest BCUT2D eigenvalue weighted by Crippen LogP contribution is -2.36. The van der Waals surface area contributed by atoms with Crippen LogP contribution in [0.5, 0.6) is 0 Å². The van der Waals surface area contributed by atoms with E-state index in [0.29, 0.717) is 0 Å². The molecule has 1 fully saturated rings. The average Bonchev–Trinajstić information content (AvgIpc) is 2.19. The van der Waals surface area contributed by atoms with Crippen LogP contribution in [-0.4, -0.2) is 26.2 Å². The molecule has 0 spiro atoms. The fourth-order valence-corrected chi connectivity index (χ4v) is 2.90. The number of anilines is 1. The number of aryl methyl sites for hydroxylation is 3. The van der Waals surface area contributed by atoms with Crippen molar-refractivity contribution in [3.63, 3.8) is 0 Å². The maximum Gasteiger partial charge on any atom is 0.0426 e. The van der Waals surface area contributed by atoms with Crippen molar-refractivity contribution in [1.29, 1.82) is 0 Å². The van der Waals surface area contributed by atoms with Gasteiger partial charge in [-0.1, -0.05) is 17.7 Å². The van der Waals surface area contributed by atoms with Gasteiger partial charge in [-0.15, -0.1) is 0 Å². The Bertz CT molecular complexity index is 354. The fraction of sp³-hybridized carbons (Fsp3) is 0.600. The SMILES string of the molecule is Cc1cc(C)c(N2CCCCNCC2)c(C)c1. The van der Waals surface area contributed by atoms with Crippen LogP contribution in [-0.2, 0) is 0 Å². The van der Waals surface area contributed by atoms with E-state index < -0.39 is 0 Å². The van der Waals surface area contributed by atoms with Crippen LogP contribution in [0.25, 0.3) is 0 Å². The molecule has 17 heavy (non-hydrogen) atoms. The monoisotopic (exact) mass is 232 g/mol. The minimum Gasteiger partial charge on any atom is -0.370 e. The molecule has 2 heteroatoms. The van der Waals surface area contributed by atoms with E-state index in [0.717, 1.165) is 13.1 Å². The van der Waals surface area contributed by atoms with Crippen molar-refractivity contribution in [2.75, 3.05) is 31.1 Å². The Morgan fingerprint density at radius 1 is 0.941 bits per heavy atom. The van der Waals surface area contributed by atoms with Crippen LogP contribution < -0.4 is 10.2 Å². The molecule has 0 radical (unpaired) electrons. The van der Waals surface area contributed by atoms with E-state index in [1.165, 1.54) is 48.3 Å². The van der Waals surface area contributed by atoms with Crippen molar-refractivity contribution in [2.24, 2.45) is 0 Å². The van der Waals surface area contributed by atoms with E-state index in [1.54, 1.807) is 0 Å². The second kappa shape index (κ2) is 5.54. The van der Waals surface area contributed by atoms with Crippen molar-refractivity contribution >= 4 is 5.69 Å². The largest absolute Gasteiger partial charge is 0.370 e. The molecule has 1 N–H and O–H groups in total. The molecule has 94 valence electrons. The molecule has 0 aliphatic carbocycles. The summed E-state index contributed by atoms with van der Waals surface area (Å²) in [7, 11) is 0. The molecular formula is C15H24N2. The lowest BCUT2D eigenvalue weighted by molar-refractivity contribution is 0.566. The summed E-state index contributed by atoms with van der Waals surface area (Å²) < 4.78 is 0. The van der Waals surface area contributed by atoms with Gasteiger partial charge in [0.1, 0.15) is 0 Å². The van der Waals surface area contributed by atoms with Gasteiger partial charge in [0.05, 0.1) is 0 Å². The quantitative estimate of drug-likeness (QED) is 0.801. The summed E-state index contributed by atoms with van der Waals surface area (Å²) in [6.45, 7) is 11.3. The van der Waals surface area contributed by atoms with Crippen molar-refractivity contribution in [2.45, 2.75) is 33.6 Å². The first-order chi connectivity index (χ1) is 8.18. The maximum absolute atomic E-state index is 3.50. The lowest BCUT2D eigenvalue weighted by atomic mass is 10.0. The molecule has 0 atom stereocenters. The smallest absolute Gasteiger partial charge is 0.0426 e. The first-order valence-electron chi connectivity index (χ1n) is 6.72. The zero-order chi connectivity index (χ0) is 12.3. The first-order valence-corrected chi connectivity index (χ1v) is 6.72. The predicted molar refractivity (Wildman–Crippen MR) is 75.0 cm³/mol. The number of nitrogens with zero attached hydrogens (tertiary/aromatic N) is 1. The molecule has 0 bridgehead atoms. The summed E-state index contributed by atoms with van der Waals surface area (Å²) >= 11 is 0. The van der Waals surface area contributed by atoms with Gasteiger partial charge in [0.25, 0.3) is 0 Å². The highest BCUT2D eigenvalue weighted by Crippen LogP contribution is 2.26. The minimum atomic E-state index is 1.10. The molecule has 0 saturated carbocycles. The number of rotatable bonds is 1. The maximum atomic E-state index is 3.50. The Balaban J connectivity index is 2.24. The van der Waals surface area contributed by atoms with Crippen molar-refractivity contribution in [3.05, 3.63) is 28.8 Å². The third-order valence-electron chi connectivity index (χ3n) is 3.54. The normalized spacial score (nSPS) is 17.7. The van der Waals surface area contributed by atoms with E-state index in [-0.39, 0.29) is 0 Å². The lowest BCUT2D eigenvalue weighted by Gasteiger charge is -2.30. The number of benzene rings is 1. The highest BCUT2D eigenvalue weighted by molar-refractivity contribution is 5.60. The van der Waals surface area contributed by atoms with Gasteiger partial charge < -0.3 is 10.2 Å². The molecule has 1 saturated heterocycles. The summed E-state index contributed by atoms with van der Waals surface area (Å²) in [5.74, 6) is 0. The molecule has 1 heterocycles. The van der Waals surface area contributed by atoms with Gasteiger partial charge in [-0.25, -0.2) is 0 Å². The van der Waals surface area contributed by atoms with E-state index in [4.69, 9.17) is 0 Å². The summed E-state index contributed by atoms with van der Waals surface area (Å²) in [5, 5.41) is 3.50. The highest BCUT2D eigenvalue weighted by atomic mass is 15.1. The molecule has 0 aromatic heterocycles. The van der Waals surface area contributed by atoms with E-state index in [2.05, 4.69) is 43.1 Å². The highest BCUT2D eigenvalue weighted by Gasteiger charge is 2.13. The first kappa shape index (κ1) is 12.4. The van der Waals surface area contributed by atoms with E-state index in [9.17, 15) is 0 Å². The molecule has 1 aliphatic heterocycles. The Labute approximate surface area is 105 Å². The fourth-order valence-electron chi connectivity index (χ4n) is 2.90. The van der Waals surface area contributed by atoms with Gasteiger partial charge >= 0.3 is 0 Å². The van der Waals surface area contributed by atoms with Gasteiger partial charge in [0.15, 0.2) is 0 Å². The minimum absolute atomic E-state index is 1.10. The number of nitrogens with one attached hydrogen (secondary N) is 1. The van der Waals surface area contributed by atoms with E-state index in [1.807, 2.05) is 0 Å². The van der Waals surface area contributed by atoms with Crippen LogP contribution in [0.4, 0.5) is 5.69 Å².